The summed E-state index contributed by atoms with van der Waals surface area (Å²) in [5.74, 6) is 1.61. The summed E-state index contributed by atoms with van der Waals surface area (Å²) in [4.78, 5) is 0. The monoisotopic (exact) mass is 339 g/mol. The van der Waals surface area contributed by atoms with Crippen LogP contribution < -0.4 is 5.73 Å². The molecule has 0 spiro atoms. The lowest BCUT2D eigenvalue weighted by atomic mass is 9.74. The van der Waals surface area contributed by atoms with Gasteiger partial charge in [-0.25, -0.2) is 0 Å². The predicted molar refractivity (Wildman–Crippen MR) is 87.5 cm³/mol. The molecule has 2 rings (SSSR count). The molecule has 0 amide bonds. The summed E-state index contributed by atoms with van der Waals surface area (Å²) in [6.07, 6.45) is 4.67. The van der Waals surface area contributed by atoms with Crippen molar-refractivity contribution in [3.8, 4) is 0 Å². The minimum Gasteiger partial charge on any atom is -0.369 e. The minimum absolute atomic E-state index is 0.110. The number of halogens is 1. The molecular weight excluding hydrogens is 314 g/mol. The van der Waals surface area contributed by atoms with E-state index in [2.05, 4.69) is 41.9 Å². The lowest BCUT2D eigenvalue weighted by Gasteiger charge is -2.40. The average Bonchev–Trinajstić information content (AvgIpc) is 2.47. The topological polar surface area (TPSA) is 35.2 Å². The summed E-state index contributed by atoms with van der Waals surface area (Å²) in [5.41, 5.74) is 7.12. The first-order chi connectivity index (χ1) is 9.56. The van der Waals surface area contributed by atoms with Gasteiger partial charge in [0.25, 0.3) is 0 Å². The Morgan fingerprint density at radius 2 is 1.95 bits per heavy atom. The van der Waals surface area contributed by atoms with E-state index in [0.717, 1.165) is 29.2 Å². The second kappa shape index (κ2) is 7.06. The molecule has 0 aromatic heterocycles. The standard InChI is InChI=1S/C17H26BrNO/c1-13(2)14-7-9-17(12-19,10-8-14)20-11-15-5-3-4-6-16(15)18/h3-6,13-14H,7-12,19H2,1-2H3. The highest BCUT2D eigenvalue weighted by molar-refractivity contribution is 9.10. The Kier molecular flexibility index (Phi) is 5.65. The molecule has 0 bridgehead atoms. The van der Waals surface area contributed by atoms with Crippen molar-refractivity contribution in [1.82, 2.24) is 0 Å². The maximum Gasteiger partial charge on any atom is 0.0808 e. The van der Waals surface area contributed by atoms with Gasteiger partial charge in [0.1, 0.15) is 0 Å². The minimum atomic E-state index is -0.110. The lowest BCUT2D eigenvalue weighted by molar-refractivity contribution is -0.0842. The van der Waals surface area contributed by atoms with E-state index in [1.165, 1.54) is 18.4 Å². The molecule has 3 heteroatoms. The maximum atomic E-state index is 6.26. The van der Waals surface area contributed by atoms with Gasteiger partial charge < -0.3 is 10.5 Å². The maximum absolute atomic E-state index is 6.26. The molecule has 1 aromatic rings. The smallest absolute Gasteiger partial charge is 0.0808 e. The zero-order valence-electron chi connectivity index (χ0n) is 12.6. The Morgan fingerprint density at radius 3 is 2.50 bits per heavy atom. The van der Waals surface area contributed by atoms with Crippen LogP contribution in [-0.4, -0.2) is 12.1 Å². The molecule has 0 atom stereocenters. The third kappa shape index (κ3) is 3.84. The highest BCUT2D eigenvalue weighted by Gasteiger charge is 2.35. The highest BCUT2D eigenvalue weighted by Crippen LogP contribution is 2.38. The number of hydrogen-bond acceptors (Lipinski definition) is 2. The Morgan fingerprint density at radius 1 is 1.30 bits per heavy atom. The van der Waals surface area contributed by atoms with Crippen LogP contribution in [0.5, 0.6) is 0 Å². The molecule has 1 aliphatic rings. The molecule has 0 radical (unpaired) electrons. The van der Waals surface area contributed by atoms with Gasteiger partial charge in [-0.1, -0.05) is 48.0 Å². The molecule has 1 saturated carbocycles. The van der Waals surface area contributed by atoms with Crippen LogP contribution in [0.1, 0.15) is 45.1 Å². The van der Waals surface area contributed by atoms with Gasteiger partial charge in [-0.05, 0) is 49.1 Å². The van der Waals surface area contributed by atoms with Gasteiger partial charge >= 0.3 is 0 Å². The highest BCUT2D eigenvalue weighted by atomic mass is 79.9. The summed E-state index contributed by atoms with van der Waals surface area (Å²) in [7, 11) is 0. The quantitative estimate of drug-likeness (QED) is 0.856. The number of hydrogen-bond donors (Lipinski definition) is 1. The fourth-order valence-corrected chi connectivity index (χ4v) is 3.49. The fourth-order valence-electron chi connectivity index (χ4n) is 3.09. The third-order valence-corrected chi connectivity index (χ3v) is 5.52. The SMILES string of the molecule is CC(C)C1CCC(CN)(OCc2ccccc2Br)CC1. The molecule has 112 valence electrons. The van der Waals surface area contributed by atoms with Gasteiger partial charge in [0, 0.05) is 11.0 Å². The Labute approximate surface area is 131 Å². The summed E-state index contributed by atoms with van der Waals surface area (Å²) >= 11 is 3.58. The van der Waals surface area contributed by atoms with Crippen LogP contribution >= 0.6 is 15.9 Å². The molecule has 0 aliphatic heterocycles. The van der Waals surface area contributed by atoms with Crippen LogP contribution in [0, 0.1) is 11.8 Å². The first-order valence-electron chi connectivity index (χ1n) is 7.64. The average molecular weight is 340 g/mol. The van der Waals surface area contributed by atoms with Crippen molar-refractivity contribution < 1.29 is 4.74 Å². The summed E-state index contributed by atoms with van der Waals surface area (Å²) in [6, 6.07) is 8.24. The van der Waals surface area contributed by atoms with E-state index in [4.69, 9.17) is 10.5 Å². The van der Waals surface area contributed by atoms with Gasteiger partial charge in [0.2, 0.25) is 0 Å². The second-order valence-electron chi connectivity index (χ2n) is 6.35. The van der Waals surface area contributed by atoms with Crippen molar-refractivity contribution in [3.05, 3.63) is 34.3 Å². The molecule has 1 fully saturated rings. The molecule has 1 aromatic carbocycles. The van der Waals surface area contributed by atoms with Crippen LogP contribution in [0.3, 0.4) is 0 Å². The second-order valence-corrected chi connectivity index (χ2v) is 7.20. The molecular formula is C17H26BrNO. The van der Waals surface area contributed by atoms with E-state index in [1.54, 1.807) is 0 Å². The van der Waals surface area contributed by atoms with Gasteiger partial charge in [0.05, 0.1) is 12.2 Å². The van der Waals surface area contributed by atoms with Crippen molar-refractivity contribution >= 4 is 15.9 Å². The zero-order valence-corrected chi connectivity index (χ0v) is 14.2. The van der Waals surface area contributed by atoms with Crippen LogP contribution in [0.15, 0.2) is 28.7 Å². The fraction of sp³-hybridized carbons (Fsp3) is 0.647. The number of rotatable bonds is 5. The normalized spacial score (nSPS) is 26.9. The lowest BCUT2D eigenvalue weighted by Crippen LogP contribution is -2.44. The van der Waals surface area contributed by atoms with E-state index in [1.807, 2.05) is 12.1 Å². The van der Waals surface area contributed by atoms with Crippen LogP contribution in [0.25, 0.3) is 0 Å². The van der Waals surface area contributed by atoms with E-state index >= 15 is 0 Å². The van der Waals surface area contributed by atoms with Gasteiger partial charge in [-0.2, -0.15) is 0 Å². The number of benzene rings is 1. The number of nitrogens with two attached hydrogens (primary N) is 1. The summed E-state index contributed by atoms with van der Waals surface area (Å²) < 4.78 is 7.37. The first kappa shape index (κ1) is 16.0. The molecule has 0 unspecified atom stereocenters. The van der Waals surface area contributed by atoms with Gasteiger partial charge in [-0.15, -0.1) is 0 Å². The van der Waals surface area contributed by atoms with Crippen LogP contribution in [-0.2, 0) is 11.3 Å². The molecule has 0 heterocycles. The molecule has 20 heavy (non-hydrogen) atoms. The molecule has 1 aliphatic carbocycles. The molecule has 0 saturated heterocycles. The van der Waals surface area contributed by atoms with E-state index in [9.17, 15) is 0 Å². The van der Waals surface area contributed by atoms with E-state index in [0.29, 0.717) is 13.2 Å². The Balaban J connectivity index is 1.95. The molecule has 2 nitrogen and oxygen atoms in total. The Bertz CT molecular complexity index is 425. The summed E-state index contributed by atoms with van der Waals surface area (Å²) in [6.45, 7) is 5.91. The van der Waals surface area contributed by atoms with Crippen LogP contribution in [0.4, 0.5) is 0 Å². The van der Waals surface area contributed by atoms with Crippen molar-refractivity contribution in [2.45, 2.75) is 51.7 Å². The first-order valence-corrected chi connectivity index (χ1v) is 8.43. The van der Waals surface area contributed by atoms with Crippen molar-refractivity contribution in [2.75, 3.05) is 6.54 Å². The number of ether oxygens (including phenoxy) is 1. The Hall–Kier alpha value is -0.380. The van der Waals surface area contributed by atoms with Crippen molar-refractivity contribution in [2.24, 2.45) is 17.6 Å². The van der Waals surface area contributed by atoms with Crippen molar-refractivity contribution in [3.63, 3.8) is 0 Å². The summed E-state index contributed by atoms with van der Waals surface area (Å²) in [5, 5.41) is 0. The molecule has 2 N–H and O–H groups in total. The third-order valence-electron chi connectivity index (χ3n) is 4.75. The van der Waals surface area contributed by atoms with E-state index < -0.39 is 0 Å². The largest absolute Gasteiger partial charge is 0.369 e. The van der Waals surface area contributed by atoms with Gasteiger partial charge in [0.15, 0.2) is 0 Å². The predicted octanol–water partition coefficient (Wildman–Crippen LogP) is 4.51. The zero-order chi connectivity index (χ0) is 14.6. The van der Waals surface area contributed by atoms with Crippen LogP contribution in [0.2, 0.25) is 0 Å². The van der Waals surface area contributed by atoms with Gasteiger partial charge in [-0.3, -0.25) is 0 Å². The van der Waals surface area contributed by atoms with E-state index in [-0.39, 0.29) is 5.60 Å². The van der Waals surface area contributed by atoms with Crippen molar-refractivity contribution in [1.29, 1.82) is 0 Å².